The third kappa shape index (κ3) is 2.39. The summed E-state index contributed by atoms with van der Waals surface area (Å²) in [5.41, 5.74) is 1.98. The van der Waals surface area contributed by atoms with Crippen molar-refractivity contribution in [1.82, 2.24) is 4.40 Å². The number of fused-ring (bicyclic) bond motifs is 1. The molecule has 0 fully saturated rings. The van der Waals surface area contributed by atoms with Crippen LogP contribution < -0.4 is 0 Å². The monoisotopic (exact) mass is 303 g/mol. The first-order chi connectivity index (χ1) is 10.4. The molecule has 0 spiro atoms. The van der Waals surface area contributed by atoms with E-state index in [1.807, 2.05) is 12.1 Å². The van der Waals surface area contributed by atoms with Gasteiger partial charge in [0.1, 0.15) is 0 Å². The molecule has 0 aliphatic rings. The van der Waals surface area contributed by atoms with E-state index in [-0.39, 0.29) is 5.78 Å². The second-order valence-electron chi connectivity index (χ2n) is 5.03. The third-order valence-corrected chi connectivity index (χ3v) is 3.56. The summed E-state index contributed by atoms with van der Waals surface area (Å²) in [5.74, 6) is -0.0978. The highest BCUT2D eigenvalue weighted by Crippen LogP contribution is 2.33. The van der Waals surface area contributed by atoms with Crippen molar-refractivity contribution in [2.45, 2.75) is 13.1 Å². The maximum atomic E-state index is 12.6. The SMILES string of the molecule is CC(=O)c1cc(-c2ccc(C(F)(F)F)cc2)c2ccccn12. The van der Waals surface area contributed by atoms with Crippen molar-refractivity contribution in [3.8, 4) is 11.1 Å². The van der Waals surface area contributed by atoms with Crippen molar-refractivity contribution >= 4 is 11.3 Å². The molecule has 1 aromatic carbocycles. The molecule has 3 rings (SSSR count). The van der Waals surface area contributed by atoms with Gasteiger partial charge in [0.05, 0.1) is 16.8 Å². The predicted octanol–water partition coefficient (Wildman–Crippen LogP) is 4.83. The number of nitrogens with zero attached hydrogens (tertiary/aromatic N) is 1. The molecule has 0 radical (unpaired) electrons. The summed E-state index contributed by atoms with van der Waals surface area (Å²) in [5, 5.41) is 0. The number of carbonyl (C=O) groups is 1. The quantitative estimate of drug-likeness (QED) is 0.621. The zero-order valence-electron chi connectivity index (χ0n) is 11.7. The lowest BCUT2D eigenvalue weighted by molar-refractivity contribution is -0.137. The van der Waals surface area contributed by atoms with E-state index in [0.29, 0.717) is 11.3 Å². The first-order valence-corrected chi connectivity index (χ1v) is 6.66. The van der Waals surface area contributed by atoms with Crippen molar-refractivity contribution in [3.63, 3.8) is 0 Å². The van der Waals surface area contributed by atoms with E-state index in [0.717, 1.165) is 23.2 Å². The maximum absolute atomic E-state index is 12.6. The summed E-state index contributed by atoms with van der Waals surface area (Å²) in [6, 6.07) is 12.1. The number of carbonyl (C=O) groups excluding carboxylic acids is 1. The van der Waals surface area contributed by atoms with E-state index < -0.39 is 11.7 Å². The van der Waals surface area contributed by atoms with Gasteiger partial charge in [-0.25, -0.2) is 0 Å². The number of hydrogen-bond acceptors (Lipinski definition) is 1. The molecule has 0 unspecified atom stereocenters. The van der Waals surface area contributed by atoms with Crippen LogP contribution in [0.2, 0.25) is 0 Å². The van der Waals surface area contributed by atoms with Crippen LogP contribution in [0.25, 0.3) is 16.6 Å². The molecule has 0 aliphatic carbocycles. The molecule has 2 nitrogen and oxygen atoms in total. The van der Waals surface area contributed by atoms with Crippen LogP contribution in [0.5, 0.6) is 0 Å². The Bertz CT molecular complexity index is 844. The zero-order chi connectivity index (χ0) is 15.9. The Kier molecular flexibility index (Phi) is 3.28. The Labute approximate surface area is 124 Å². The number of alkyl halides is 3. The number of aromatic nitrogens is 1. The minimum Gasteiger partial charge on any atom is -0.313 e. The maximum Gasteiger partial charge on any atom is 0.416 e. The fraction of sp³-hybridized carbons (Fsp3) is 0.118. The number of hydrogen-bond donors (Lipinski definition) is 0. The first-order valence-electron chi connectivity index (χ1n) is 6.66. The van der Waals surface area contributed by atoms with Gasteiger partial charge in [-0.3, -0.25) is 4.79 Å². The second-order valence-corrected chi connectivity index (χ2v) is 5.03. The molecule has 2 heterocycles. The van der Waals surface area contributed by atoms with E-state index in [1.165, 1.54) is 19.1 Å². The van der Waals surface area contributed by atoms with Gasteiger partial charge in [-0.05, 0) is 35.9 Å². The Hall–Kier alpha value is -2.56. The van der Waals surface area contributed by atoms with Crippen LogP contribution in [0, 0.1) is 0 Å². The van der Waals surface area contributed by atoms with E-state index in [1.54, 1.807) is 22.7 Å². The average molecular weight is 303 g/mol. The van der Waals surface area contributed by atoms with E-state index in [9.17, 15) is 18.0 Å². The molecular weight excluding hydrogens is 291 g/mol. The Morgan fingerprint density at radius 3 is 2.32 bits per heavy atom. The molecule has 0 aliphatic heterocycles. The van der Waals surface area contributed by atoms with Crippen molar-refractivity contribution in [3.05, 3.63) is 66.0 Å². The number of ketones is 1. The summed E-state index contributed by atoms with van der Waals surface area (Å²) < 4.78 is 39.7. The fourth-order valence-corrected chi connectivity index (χ4v) is 2.49. The van der Waals surface area contributed by atoms with Crippen molar-refractivity contribution in [1.29, 1.82) is 0 Å². The molecule has 0 saturated heterocycles. The van der Waals surface area contributed by atoms with Gasteiger partial charge in [0, 0.05) is 18.7 Å². The summed E-state index contributed by atoms with van der Waals surface area (Å²) >= 11 is 0. The summed E-state index contributed by atoms with van der Waals surface area (Å²) in [4.78, 5) is 11.7. The molecule has 22 heavy (non-hydrogen) atoms. The van der Waals surface area contributed by atoms with Gasteiger partial charge in [0.25, 0.3) is 0 Å². The van der Waals surface area contributed by atoms with Crippen LogP contribution in [-0.4, -0.2) is 10.2 Å². The topological polar surface area (TPSA) is 21.5 Å². The molecule has 0 N–H and O–H groups in total. The van der Waals surface area contributed by atoms with E-state index in [4.69, 9.17) is 0 Å². The highest BCUT2D eigenvalue weighted by molar-refractivity contribution is 5.98. The molecule has 112 valence electrons. The molecule has 3 aromatic rings. The van der Waals surface area contributed by atoms with Gasteiger partial charge < -0.3 is 4.40 Å². The lowest BCUT2D eigenvalue weighted by Gasteiger charge is -2.07. The second kappa shape index (κ2) is 5.02. The van der Waals surface area contributed by atoms with Crippen LogP contribution in [-0.2, 0) is 6.18 Å². The molecule has 0 atom stereocenters. The van der Waals surface area contributed by atoms with Crippen molar-refractivity contribution in [2.24, 2.45) is 0 Å². The average Bonchev–Trinajstić information content (AvgIpc) is 2.86. The molecule has 0 bridgehead atoms. The lowest BCUT2D eigenvalue weighted by atomic mass is 10.0. The van der Waals surface area contributed by atoms with Crippen LogP contribution >= 0.6 is 0 Å². The summed E-state index contributed by atoms with van der Waals surface area (Å²) in [7, 11) is 0. The lowest BCUT2D eigenvalue weighted by Crippen LogP contribution is -2.03. The fourth-order valence-electron chi connectivity index (χ4n) is 2.49. The first kappa shape index (κ1) is 14.4. The molecule has 5 heteroatoms. The standard InChI is InChI=1S/C17H12F3NO/c1-11(22)16-10-14(15-4-2-3-9-21(15)16)12-5-7-13(8-6-12)17(18,19)20/h2-10H,1H3. The van der Waals surface area contributed by atoms with E-state index >= 15 is 0 Å². The smallest absolute Gasteiger partial charge is 0.313 e. The van der Waals surface area contributed by atoms with E-state index in [2.05, 4.69) is 0 Å². The zero-order valence-corrected chi connectivity index (χ0v) is 11.7. The van der Waals surface area contributed by atoms with Gasteiger partial charge in [0.2, 0.25) is 0 Å². The highest BCUT2D eigenvalue weighted by atomic mass is 19.4. The van der Waals surface area contributed by atoms with Gasteiger partial charge in [-0.15, -0.1) is 0 Å². The van der Waals surface area contributed by atoms with Crippen LogP contribution in [0.4, 0.5) is 13.2 Å². The van der Waals surface area contributed by atoms with Crippen LogP contribution in [0.3, 0.4) is 0 Å². The number of rotatable bonds is 2. The summed E-state index contributed by atoms with van der Waals surface area (Å²) in [6.45, 7) is 1.46. The predicted molar refractivity (Wildman–Crippen MR) is 77.8 cm³/mol. The Balaban J connectivity index is 2.16. The van der Waals surface area contributed by atoms with Crippen molar-refractivity contribution in [2.75, 3.05) is 0 Å². The van der Waals surface area contributed by atoms with Crippen LogP contribution in [0.15, 0.2) is 54.7 Å². The minimum absolute atomic E-state index is 0.0978. The van der Waals surface area contributed by atoms with Gasteiger partial charge in [-0.2, -0.15) is 13.2 Å². The van der Waals surface area contributed by atoms with Gasteiger partial charge >= 0.3 is 6.18 Å². The molecule has 0 saturated carbocycles. The number of Topliss-reactive ketones (excluding diaryl/α,β-unsaturated/α-hetero) is 1. The highest BCUT2D eigenvalue weighted by Gasteiger charge is 2.30. The Morgan fingerprint density at radius 1 is 1.05 bits per heavy atom. The largest absolute Gasteiger partial charge is 0.416 e. The number of pyridine rings is 1. The number of halogens is 3. The molecular formula is C17H12F3NO. The van der Waals surface area contributed by atoms with Crippen LogP contribution in [0.1, 0.15) is 23.0 Å². The van der Waals surface area contributed by atoms with Gasteiger partial charge in [-0.1, -0.05) is 18.2 Å². The normalized spacial score (nSPS) is 11.8. The van der Waals surface area contributed by atoms with Gasteiger partial charge in [0.15, 0.2) is 5.78 Å². The summed E-state index contributed by atoms with van der Waals surface area (Å²) in [6.07, 6.45) is -2.59. The minimum atomic E-state index is -4.36. The van der Waals surface area contributed by atoms with Crippen molar-refractivity contribution < 1.29 is 18.0 Å². The number of benzene rings is 1. The molecule has 2 aromatic heterocycles. The molecule has 0 amide bonds. The third-order valence-electron chi connectivity index (χ3n) is 3.56. The Morgan fingerprint density at radius 2 is 1.73 bits per heavy atom.